The molecular weight excluding hydrogens is 318 g/mol. The minimum Gasteiger partial charge on any atom is -0.508 e. The number of nitrogens with zero attached hydrogens (tertiary/aromatic N) is 2. The van der Waals surface area contributed by atoms with E-state index < -0.39 is 6.23 Å². The molecule has 1 heterocycles. The number of nitrogens with one attached hydrogen (secondary N) is 1. The van der Waals surface area contributed by atoms with E-state index in [4.69, 9.17) is 4.74 Å². The van der Waals surface area contributed by atoms with Gasteiger partial charge in [-0.25, -0.2) is 4.79 Å². The molecule has 1 aliphatic rings. The van der Waals surface area contributed by atoms with Gasteiger partial charge in [-0.1, -0.05) is 18.2 Å². The van der Waals surface area contributed by atoms with Crippen LogP contribution in [-0.2, 0) is 0 Å². The number of rotatable bonds is 4. The second kappa shape index (κ2) is 7.79. The number of urea groups is 1. The molecule has 1 unspecified atom stereocenters. The second-order valence-electron chi connectivity index (χ2n) is 6.01. The maximum absolute atomic E-state index is 12.4. The molecule has 2 aromatic rings. The fourth-order valence-electron chi connectivity index (χ4n) is 2.83. The Morgan fingerprint density at radius 2 is 1.68 bits per heavy atom. The average Bonchev–Trinajstić information content (AvgIpc) is 2.64. The lowest BCUT2D eigenvalue weighted by Gasteiger charge is -2.36. The van der Waals surface area contributed by atoms with Gasteiger partial charge < -0.3 is 25.0 Å². The van der Waals surface area contributed by atoms with Crippen molar-refractivity contribution in [1.29, 1.82) is 0 Å². The molecule has 0 spiro atoms. The van der Waals surface area contributed by atoms with Crippen molar-refractivity contribution < 1.29 is 14.6 Å². The van der Waals surface area contributed by atoms with Crippen molar-refractivity contribution in [1.82, 2.24) is 10.2 Å². The van der Waals surface area contributed by atoms with Gasteiger partial charge in [0, 0.05) is 31.9 Å². The molecule has 1 fully saturated rings. The number of benzene rings is 2. The summed E-state index contributed by atoms with van der Waals surface area (Å²) in [5.41, 5.74) is 1.19. The first-order valence-corrected chi connectivity index (χ1v) is 8.43. The lowest BCUT2D eigenvalue weighted by molar-refractivity contribution is 0.151. The number of anilines is 1. The molecule has 1 atom stereocenters. The van der Waals surface area contributed by atoms with Crippen molar-refractivity contribution in [2.45, 2.75) is 13.2 Å². The number of carbonyl (C=O) groups is 1. The van der Waals surface area contributed by atoms with Gasteiger partial charge in [-0.2, -0.15) is 0 Å². The summed E-state index contributed by atoms with van der Waals surface area (Å²) in [4.78, 5) is 16.5. The first-order chi connectivity index (χ1) is 12.1. The van der Waals surface area contributed by atoms with Crippen LogP contribution in [0.1, 0.15) is 6.92 Å². The van der Waals surface area contributed by atoms with E-state index in [0.29, 0.717) is 18.8 Å². The average molecular weight is 341 g/mol. The minimum atomic E-state index is -0.454. The Hall–Kier alpha value is -2.89. The largest absolute Gasteiger partial charge is 0.508 e. The molecule has 6 nitrogen and oxygen atoms in total. The number of hydrogen-bond acceptors (Lipinski definition) is 4. The van der Waals surface area contributed by atoms with E-state index in [1.54, 1.807) is 36.1 Å². The molecule has 0 radical (unpaired) electrons. The first kappa shape index (κ1) is 17.0. The number of aromatic hydroxyl groups is 1. The third kappa shape index (κ3) is 4.56. The summed E-state index contributed by atoms with van der Waals surface area (Å²) in [6.07, 6.45) is -0.454. The van der Waals surface area contributed by atoms with Crippen LogP contribution in [-0.4, -0.2) is 48.4 Å². The van der Waals surface area contributed by atoms with E-state index in [0.717, 1.165) is 13.1 Å². The predicted molar refractivity (Wildman–Crippen MR) is 97.0 cm³/mol. The van der Waals surface area contributed by atoms with Crippen molar-refractivity contribution in [3.05, 3.63) is 54.6 Å². The van der Waals surface area contributed by atoms with Crippen molar-refractivity contribution in [3.8, 4) is 11.5 Å². The maximum Gasteiger partial charge on any atom is 0.320 e. The molecule has 1 saturated heterocycles. The van der Waals surface area contributed by atoms with Gasteiger partial charge in [0.2, 0.25) is 0 Å². The van der Waals surface area contributed by atoms with Crippen LogP contribution in [0.2, 0.25) is 0 Å². The van der Waals surface area contributed by atoms with Gasteiger partial charge in [0.15, 0.2) is 6.23 Å². The van der Waals surface area contributed by atoms with Crippen LogP contribution >= 0.6 is 0 Å². The Bertz CT molecular complexity index is 683. The molecular formula is C19H23N3O3. The lowest BCUT2D eigenvalue weighted by Crippen LogP contribution is -2.53. The topological polar surface area (TPSA) is 65.0 Å². The number of amides is 2. The van der Waals surface area contributed by atoms with Crippen molar-refractivity contribution in [2.75, 3.05) is 31.1 Å². The molecule has 2 aromatic carbocycles. The summed E-state index contributed by atoms with van der Waals surface area (Å²) in [5.74, 6) is 0.778. The van der Waals surface area contributed by atoms with Crippen molar-refractivity contribution >= 4 is 11.7 Å². The zero-order valence-electron chi connectivity index (χ0n) is 14.3. The van der Waals surface area contributed by atoms with E-state index in [-0.39, 0.29) is 11.8 Å². The Morgan fingerprint density at radius 3 is 2.32 bits per heavy atom. The maximum atomic E-state index is 12.4. The highest BCUT2D eigenvalue weighted by molar-refractivity contribution is 5.74. The molecule has 2 amide bonds. The summed E-state index contributed by atoms with van der Waals surface area (Å²) >= 11 is 0. The summed E-state index contributed by atoms with van der Waals surface area (Å²) in [7, 11) is 0. The number of phenols is 1. The third-order valence-electron chi connectivity index (χ3n) is 4.16. The first-order valence-electron chi connectivity index (χ1n) is 8.43. The lowest BCUT2D eigenvalue weighted by atomic mass is 10.2. The number of hydrogen-bond donors (Lipinski definition) is 2. The van der Waals surface area contributed by atoms with E-state index in [1.807, 2.05) is 18.2 Å². The van der Waals surface area contributed by atoms with Crippen molar-refractivity contribution in [3.63, 3.8) is 0 Å². The third-order valence-corrected chi connectivity index (χ3v) is 4.16. The number of ether oxygens (including phenoxy) is 1. The Balaban J connectivity index is 1.46. The van der Waals surface area contributed by atoms with Crippen LogP contribution in [0.4, 0.5) is 10.5 Å². The Morgan fingerprint density at radius 1 is 1.04 bits per heavy atom. The SMILES string of the molecule is CC(NC(=O)N1CCN(c2ccccc2)CC1)Oc1ccc(O)cc1. The molecule has 1 aliphatic heterocycles. The minimum absolute atomic E-state index is 0.126. The van der Waals surface area contributed by atoms with Gasteiger partial charge in [-0.05, 0) is 43.3 Å². The molecule has 25 heavy (non-hydrogen) atoms. The van der Waals surface area contributed by atoms with Crippen LogP contribution in [0, 0.1) is 0 Å². The molecule has 0 aromatic heterocycles. The van der Waals surface area contributed by atoms with E-state index in [1.165, 1.54) is 5.69 Å². The monoisotopic (exact) mass is 341 g/mol. The molecule has 132 valence electrons. The standard InChI is InChI=1S/C19H23N3O3/c1-15(25-18-9-7-17(23)8-10-18)20-19(24)22-13-11-21(12-14-22)16-5-3-2-4-6-16/h2-10,15,23H,11-14H2,1H3,(H,20,24). The summed E-state index contributed by atoms with van der Waals surface area (Å²) < 4.78 is 5.64. The zero-order valence-corrected chi connectivity index (χ0v) is 14.3. The zero-order chi connectivity index (χ0) is 17.6. The number of carbonyl (C=O) groups excluding carboxylic acids is 1. The predicted octanol–water partition coefficient (Wildman–Crippen LogP) is 2.65. The molecule has 0 bridgehead atoms. The van der Waals surface area contributed by atoms with Crippen LogP contribution < -0.4 is 15.0 Å². The quantitative estimate of drug-likeness (QED) is 0.839. The highest BCUT2D eigenvalue weighted by Gasteiger charge is 2.22. The molecule has 6 heteroatoms. The summed E-state index contributed by atoms with van der Waals surface area (Å²) in [5, 5.41) is 12.1. The second-order valence-corrected chi connectivity index (χ2v) is 6.01. The molecule has 3 rings (SSSR count). The van der Waals surface area contributed by atoms with Crippen LogP contribution in [0.25, 0.3) is 0 Å². The fourth-order valence-corrected chi connectivity index (χ4v) is 2.83. The summed E-state index contributed by atoms with van der Waals surface area (Å²) in [6, 6.07) is 16.5. The molecule has 2 N–H and O–H groups in total. The van der Waals surface area contributed by atoms with Gasteiger partial charge in [0.1, 0.15) is 11.5 Å². The van der Waals surface area contributed by atoms with Gasteiger partial charge >= 0.3 is 6.03 Å². The van der Waals surface area contributed by atoms with E-state index in [9.17, 15) is 9.90 Å². The van der Waals surface area contributed by atoms with Crippen LogP contribution in [0.3, 0.4) is 0 Å². The number of piperazine rings is 1. The fraction of sp³-hybridized carbons (Fsp3) is 0.316. The Kier molecular flexibility index (Phi) is 5.28. The molecule has 0 aliphatic carbocycles. The van der Waals surface area contributed by atoms with Crippen LogP contribution in [0.5, 0.6) is 11.5 Å². The van der Waals surface area contributed by atoms with Gasteiger partial charge in [-0.3, -0.25) is 0 Å². The van der Waals surface area contributed by atoms with E-state index >= 15 is 0 Å². The van der Waals surface area contributed by atoms with Gasteiger partial charge in [0.25, 0.3) is 0 Å². The normalized spacial score (nSPS) is 15.6. The Labute approximate surface area is 147 Å². The van der Waals surface area contributed by atoms with Crippen molar-refractivity contribution in [2.24, 2.45) is 0 Å². The highest BCUT2D eigenvalue weighted by Crippen LogP contribution is 2.17. The van der Waals surface area contributed by atoms with Crippen LogP contribution in [0.15, 0.2) is 54.6 Å². The molecule has 0 saturated carbocycles. The van der Waals surface area contributed by atoms with Gasteiger partial charge in [0.05, 0.1) is 0 Å². The van der Waals surface area contributed by atoms with E-state index in [2.05, 4.69) is 22.3 Å². The number of para-hydroxylation sites is 1. The number of phenolic OH excluding ortho intramolecular Hbond substituents is 1. The van der Waals surface area contributed by atoms with Gasteiger partial charge in [-0.15, -0.1) is 0 Å². The summed E-state index contributed by atoms with van der Waals surface area (Å²) in [6.45, 7) is 4.75. The highest BCUT2D eigenvalue weighted by atomic mass is 16.5. The smallest absolute Gasteiger partial charge is 0.320 e.